The number of methoxy groups -OCH3 is 1. The highest BCUT2D eigenvalue weighted by atomic mass is 127. The van der Waals surface area contributed by atoms with Crippen LogP contribution < -0.4 is 0 Å². The zero-order valence-electron chi connectivity index (χ0n) is 9.37. The van der Waals surface area contributed by atoms with E-state index in [0.29, 0.717) is 18.5 Å². The number of rotatable bonds is 4. The Kier molecular flexibility index (Phi) is 4.40. The minimum absolute atomic E-state index is 0.291. The van der Waals surface area contributed by atoms with Gasteiger partial charge < -0.3 is 9.26 Å². The van der Waals surface area contributed by atoms with Crippen LogP contribution in [-0.4, -0.2) is 25.9 Å². The van der Waals surface area contributed by atoms with Crippen molar-refractivity contribution in [3.05, 3.63) is 8.89 Å². The lowest BCUT2D eigenvalue weighted by Gasteiger charge is -2.20. The van der Waals surface area contributed by atoms with Crippen molar-refractivity contribution in [3.8, 4) is 0 Å². The van der Waals surface area contributed by atoms with Crippen LogP contribution in [0.3, 0.4) is 0 Å². The first kappa shape index (κ1) is 13.6. The molecule has 0 amide bonds. The molecule has 1 heterocycles. The number of hydrogen-bond donors (Lipinski definition) is 0. The van der Waals surface area contributed by atoms with Crippen molar-refractivity contribution >= 4 is 30.2 Å². The minimum Gasteiger partial charge on any atom is -0.380 e. The Labute approximate surface area is 104 Å². The number of hydrogen-bond acceptors (Lipinski definition) is 4. The zero-order valence-corrected chi connectivity index (χ0v) is 12.4. The van der Waals surface area contributed by atoms with E-state index in [2.05, 4.69) is 22.6 Å². The molecule has 0 N–H and O–H groups in total. The topological polar surface area (TPSA) is 44.8 Å². The minimum atomic E-state index is -3.13. The second-order valence-corrected chi connectivity index (χ2v) is 6.76. The van der Waals surface area contributed by atoms with E-state index in [-0.39, 0.29) is 0 Å². The maximum absolute atomic E-state index is 12.4. The zero-order chi connectivity index (χ0) is 11.7. The summed E-state index contributed by atoms with van der Waals surface area (Å²) < 4.78 is 29.1. The van der Waals surface area contributed by atoms with Gasteiger partial charge in [0.05, 0.1) is 18.5 Å². The van der Waals surface area contributed by atoms with Crippen LogP contribution >= 0.6 is 30.2 Å². The first-order valence-electron chi connectivity index (χ1n) is 4.71. The van der Waals surface area contributed by atoms with Crippen LogP contribution in [0.4, 0.5) is 0 Å². The van der Waals surface area contributed by atoms with Crippen molar-refractivity contribution in [3.63, 3.8) is 0 Å². The summed E-state index contributed by atoms with van der Waals surface area (Å²) >= 11 is 2.15. The maximum Gasteiger partial charge on any atom is 0.361 e. The van der Waals surface area contributed by atoms with Gasteiger partial charge in [-0.05, 0) is 43.4 Å². The Morgan fingerprint density at radius 3 is 2.60 bits per heavy atom. The van der Waals surface area contributed by atoms with Gasteiger partial charge in [0.15, 0.2) is 0 Å². The Morgan fingerprint density at radius 2 is 2.13 bits per heavy atom. The highest BCUT2D eigenvalue weighted by molar-refractivity contribution is 14.1. The standard InChI is InChI=1S/C9H16IO4P/c1-5-13-15(11)7(6-12-4)8(10)9(2,3)14-15/h5-6H2,1-4H3. The Morgan fingerprint density at radius 1 is 1.53 bits per heavy atom. The molecule has 88 valence electrons. The van der Waals surface area contributed by atoms with Gasteiger partial charge in [0.2, 0.25) is 0 Å². The molecule has 1 aliphatic heterocycles. The summed E-state index contributed by atoms with van der Waals surface area (Å²) in [5.41, 5.74) is -0.543. The molecule has 0 aromatic carbocycles. The Balaban J connectivity index is 3.09. The van der Waals surface area contributed by atoms with Crippen LogP contribution in [0.2, 0.25) is 0 Å². The van der Waals surface area contributed by atoms with Gasteiger partial charge in [0, 0.05) is 10.7 Å². The van der Waals surface area contributed by atoms with Crippen LogP contribution in [-0.2, 0) is 18.3 Å². The highest BCUT2D eigenvalue weighted by Gasteiger charge is 2.48. The molecule has 1 atom stereocenters. The summed E-state index contributed by atoms with van der Waals surface area (Å²) in [6, 6.07) is 0. The second-order valence-electron chi connectivity index (χ2n) is 3.71. The van der Waals surface area contributed by atoms with Gasteiger partial charge >= 0.3 is 7.60 Å². The van der Waals surface area contributed by atoms with E-state index in [0.717, 1.165) is 3.58 Å². The number of ether oxygens (including phenoxy) is 1. The second kappa shape index (κ2) is 4.84. The first-order chi connectivity index (χ1) is 6.87. The fourth-order valence-corrected chi connectivity index (χ4v) is 4.89. The quantitative estimate of drug-likeness (QED) is 0.579. The smallest absolute Gasteiger partial charge is 0.361 e. The number of halogens is 1. The molecule has 1 rings (SSSR count). The van der Waals surface area contributed by atoms with E-state index < -0.39 is 13.2 Å². The van der Waals surface area contributed by atoms with Gasteiger partial charge in [-0.1, -0.05) is 0 Å². The Hall–Kier alpha value is 0.580. The van der Waals surface area contributed by atoms with E-state index in [1.807, 2.05) is 13.8 Å². The van der Waals surface area contributed by atoms with Crippen LogP contribution in [0.25, 0.3) is 0 Å². The molecule has 0 aromatic heterocycles. The van der Waals surface area contributed by atoms with Crippen molar-refractivity contribution in [2.45, 2.75) is 26.4 Å². The van der Waals surface area contributed by atoms with Crippen LogP contribution in [0, 0.1) is 0 Å². The summed E-state index contributed by atoms with van der Waals surface area (Å²) in [5, 5.41) is 0.650. The normalized spacial score (nSPS) is 29.9. The van der Waals surface area contributed by atoms with E-state index in [1.165, 1.54) is 0 Å². The lowest BCUT2D eigenvalue weighted by molar-refractivity contribution is 0.134. The average molecular weight is 346 g/mol. The molecule has 0 fully saturated rings. The molecule has 1 unspecified atom stereocenters. The van der Waals surface area contributed by atoms with Gasteiger partial charge in [-0.2, -0.15) is 0 Å². The van der Waals surface area contributed by atoms with E-state index in [9.17, 15) is 4.57 Å². The predicted octanol–water partition coefficient (Wildman–Crippen LogP) is 3.32. The van der Waals surface area contributed by atoms with E-state index in [4.69, 9.17) is 13.8 Å². The highest BCUT2D eigenvalue weighted by Crippen LogP contribution is 2.67. The van der Waals surface area contributed by atoms with E-state index in [1.54, 1.807) is 14.0 Å². The summed E-state index contributed by atoms with van der Waals surface area (Å²) in [5.74, 6) is 0. The fourth-order valence-electron chi connectivity index (χ4n) is 1.42. The van der Waals surface area contributed by atoms with Gasteiger partial charge in [-0.15, -0.1) is 0 Å². The van der Waals surface area contributed by atoms with Gasteiger partial charge in [-0.25, -0.2) is 0 Å². The SMILES string of the molecule is CCOP1(=O)OC(C)(C)C(I)=C1COC. The first-order valence-corrected chi connectivity index (χ1v) is 7.33. The van der Waals surface area contributed by atoms with Gasteiger partial charge in [0.1, 0.15) is 5.60 Å². The van der Waals surface area contributed by atoms with Crippen molar-refractivity contribution in [1.82, 2.24) is 0 Å². The summed E-state index contributed by atoms with van der Waals surface area (Å²) in [6.45, 7) is 6.21. The van der Waals surface area contributed by atoms with Crippen molar-refractivity contribution < 1.29 is 18.3 Å². The van der Waals surface area contributed by atoms with Gasteiger partial charge in [-0.3, -0.25) is 9.09 Å². The van der Waals surface area contributed by atoms with E-state index >= 15 is 0 Å². The molecule has 6 heteroatoms. The molecular formula is C9H16IO4P. The average Bonchev–Trinajstić information content (AvgIpc) is 2.26. The predicted molar refractivity (Wildman–Crippen MR) is 67.3 cm³/mol. The molecule has 0 saturated heterocycles. The maximum atomic E-state index is 12.4. The lowest BCUT2D eigenvalue weighted by Crippen LogP contribution is -2.18. The molecule has 4 nitrogen and oxygen atoms in total. The van der Waals surface area contributed by atoms with Crippen molar-refractivity contribution in [2.75, 3.05) is 20.3 Å². The molecule has 0 radical (unpaired) electrons. The summed E-state index contributed by atoms with van der Waals surface area (Å²) in [7, 11) is -1.56. The molecule has 15 heavy (non-hydrogen) atoms. The van der Waals surface area contributed by atoms with Crippen molar-refractivity contribution in [1.29, 1.82) is 0 Å². The van der Waals surface area contributed by atoms with Crippen LogP contribution in [0.1, 0.15) is 20.8 Å². The third-order valence-electron chi connectivity index (χ3n) is 2.04. The van der Waals surface area contributed by atoms with Crippen LogP contribution in [0.5, 0.6) is 0 Å². The monoisotopic (exact) mass is 346 g/mol. The Bertz CT molecular complexity index is 324. The molecule has 0 aromatic rings. The van der Waals surface area contributed by atoms with Crippen molar-refractivity contribution in [2.24, 2.45) is 0 Å². The van der Waals surface area contributed by atoms with Gasteiger partial charge in [0.25, 0.3) is 0 Å². The molecule has 1 aliphatic rings. The lowest BCUT2D eigenvalue weighted by atomic mass is 10.1. The van der Waals surface area contributed by atoms with Crippen LogP contribution in [0.15, 0.2) is 8.89 Å². The summed E-state index contributed by atoms with van der Waals surface area (Å²) in [6.07, 6.45) is 0. The third-order valence-corrected chi connectivity index (χ3v) is 6.73. The summed E-state index contributed by atoms with van der Waals surface area (Å²) in [4.78, 5) is 0. The molecule has 0 spiro atoms. The molecule has 0 aliphatic carbocycles. The third kappa shape index (κ3) is 2.64. The molecule has 0 saturated carbocycles. The molecule has 0 bridgehead atoms. The fraction of sp³-hybridized carbons (Fsp3) is 0.778. The molecular weight excluding hydrogens is 330 g/mol. The largest absolute Gasteiger partial charge is 0.380 e.